The van der Waals surface area contributed by atoms with Gasteiger partial charge in [0.05, 0.1) is 0 Å². The van der Waals surface area contributed by atoms with Crippen LogP contribution < -0.4 is 4.74 Å². The number of hydrogen-bond acceptors (Lipinski definition) is 1. The minimum atomic E-state index is 0.141. The molecule has 14 heavy (non-hydrogen) atoms. The van der Waals surface area contributed by atoms with Crippen LogP contribution in [0.3, 0.4) is 0 Å². The van der Waals surface area contributed by atoms with Crippen LogP contribution >= 0.6 is 0 Å². The van der Waals surface area contributed by atoms with Crippen LogP contribution in [0.25, 0.3) is 0 Å². The zero-order valence-electron chi connectivity index (χ0n) is 8.99. The van der Waals surface area contributed by atoms with E-state index >= 15 is 0 Å². The van der Waals surface area contributed by atoms with Crippen LogP contribution in [-0.2, 0) is 0 Å². The minimum Gasteiger partial charge on any atom is -0.486 e. The first kappa shape index (κ1) is 10.8. The Balaban J connectivity index is 2.57. The molecule has 0 radical (unpaired) electrons. The Kier molecular flexibility index (Phi) is 4.24. The lowest BCUT2D eigenvalue weighted by molar-refractivity contribution is 0.237. The van der Waals surface area contributed by atoms with E-state index in [1.165, 1.54) is 5.56 Å². The van der Waals surface area contributed by atoms with Crippen LogP contribution in [0.4, 0.5) is 0 Å². The van der Waals surface area contributed by atoms with Crippen LogP contribution in [-0.4, -0.2) is 6.10 Å². The minimum absolute atomic E-state index is 0.141. The predicted octanol–water partition coefficient (Wildman–Crippen LogP) is 3.73. The lowest BCUT2D eigenvalue weighted by Crippen LogP contribution is -2.12. The fourth-order valence-corrected chi connectivity index (χ4v) is 1.30. The number of rotatable bonds is 5. The molecule has 1 rings (SSSR count). The third-order valence-corrected chi connectivity index (χ3v) is 2.14. The molecule has 1 aromatic carbocycles. The van der Waals surface area contributed by atoms with E-state index in [1.807, 2.05) is 18.2 Å². The van der Waals surface area contributed by atoms with Gasteiger partial charge in [0, 0.05) is 0 Å². The normalized spacial score (nSPS) is 12.1. The molecule has 1 atom stereocenters. The molecule has 0 unspecified atom stereocenters. The van der Waals surface area contributed by atoms with Crippen molar-refractivity contribution in [1.82, 2.24) is 0 Å². The maximum Gasteiger partial charge on any atom is 0.120 e. The summed E-state index contributed by atoms with van der Waals surface area (Å²) in [6.07, 6.45) is 4.14. The number of ether oxygens (including phenoxy) is 1. The van der Waals surface area contributed by atoms with E-state index in [0.717, 1.165) is 18.6 Å². The standard InChI is InChI=1S/C13H18O/c1-4-6-12(5-2)14-13-9-7-11(3)8-10-13/h5,7-10,12H,2,4,6H2,1,3H3/t12-/m0/s1. The topological polar surface area (TPSA) is 9.23 Å². The Morgan fingerprint density at radius 2 is 2.00 bits per heavy atom. The first-order chi connectivity index (χ1) is 6.76. The van der Waals surface area contributed by atoms with Gasteiger partial charge >= 0.3 is 0 Å². The average molecular weight is 190 g/mol. The van der Waals surface area contributed by atoms with E-state index in [0.29, 0.717) is 0 Å². The number of aryl methyl sites for hydroxylation is 1. The molecule has 0 aliphatic heterocycles. The molecule has 0 fully saturated rings. The molecule has 0 bridgehead atoms. The van der Waals surface area contributed by atoms with Crippen molar-refractivity contribution < 1.29 is 4.74 Å². The van der Waals surface area contributed by atoms with Crippen molar-refractivity contribution in [3.05, 3.63) is 42.5 Å². The zero-order chi connectivity index (χ0) is 10.4. The van der Waals surface area contributed by atoms with Crippen LogP contribution in [0.1, 0.15) is 25.3 Å². The lowest BCUT2D eigenvalue weighted by atomic mass is 10.2. The fourth-order valence-electron chi connectivity index (χ4n) is 1.30. The lowest BCUT2D eigenvalue weighted by Gasteiger charge is -2.14. The van der Waals surface area contributed by atoms with Crippen molar-refractivity contribution in [3.63, 3.8) is 0 Å². The van der Waals surface area contributed by atoms with Gasteiger partial charge in [-0.1, -0.05) is 43.7 Å². The highest BCUT2D eigenvalue weighted by Gasteiger charge is 2.03. The zero-order valence-corrected chi connectivity index (χ0v) is 8.99. The highest BCUT2D eigenvalue weighted by molar-refractivity contribution is 5.26. The second kappa shape index (κ2) is 5.48. The summed E-state index contributed by atoms with van der Waals surface area (Å²) < 4.78 is 5.74. The van der Waals surface area contributed by atoms with E-state index in [2.05, 4.69) is 32.6 Å². The van der Waals surface area contributed by atoms with Crippen molar-refractivity contribution in [2.24, 2.45) is 0 Å². The second-order valence-electron chi connectivity index (χ2n) is 3.49. The molecule has 0 heterocycles. The molecule has 0 saturated carbocycles. The Morgan fingerprint density at radius 1 is 1.36 bits per heavy atom. The van der Waals surface area contributed by atoms with Crippen LogP contribution in [0.5, 0.6) is 5.75 Å². The van der Waals surface area contributed by atoms with Gasteiger partial charge in [-0.3, -0.25) is 0 Å². The van der Waals surface area contributed by atoms with E-state index in [-0.39, 0.29) is 6.10 Å². The van der Waals surface area contributed by atoms with E-state index < -0.39 is 0 Å². The molecule has 0 aromatic heterocycles. The summed E-state index contributed by atoms with van der Waals surface area (Å²) >= 11 is 0. The van der Waals surface area contributed by atoms with Crippen molar-refractivity contribution in [3.8, 4) is 5.75 Å². The maximum atomic E-state index is 5.74. The fraction of sp³-hybridized carbons (Fsp3) is 0.385. The van der Waals surface area contributed by atoms with Crippen molar-refractivity contribution in [1.29, 1.82) is 0 Å². The van der Waals surface area contributed by atoms with Crippen molar-refractivity contribution in [2.45, 2.75) is 32.8 Å². The molecular weight excluding hydrogens is 172 g/mol. The molecule has 1 nitrogen and oxygen atoms in total. The van der Waals surface area contributed by atoms with Gasteiger partial charge in [-0.15, -0.1) is 0 Å². The summed E-state index contributed by atoms with van der Waals surface area (Å²) in [7, 11) is 0. The van der Waals surface area contributed by atoms with Gasteiger partial charge in [-0.2, -0.15) is 0 Å². The van der Waals surface area contributed by atoms with Gasteiger partial charge in [-0.05, 0) is 25.5 Å². The molecule has 0 aliphatic rings. The summed E-state index contributed by atoms with van der Waals surface area (Å²) in [6, 6.07) is 8.12. The summed E-state index contributed by atoms with van der Waals surface area (Å²) in [6.45, 7) is 7.99. The smallest absolute Gasteiger partial charge is 0.120 e. The Hall–Kier alpha value is -1.24. The number of benzene rings is 1. The molecule has 1 heteroatoms. The summed E-state index contributed by atoms with van der Waals surface area (Å²) in [5.41, 5.74) is 1.25. The molecule has 0 amide bonds. The predicted molar refractivity (Wildman–Crippen MR) is 60.7 cm³/mol. The summed E-state index contributed by atoms with van der Waals surface area (Å²) in [5.74, 6) is 0.925. The third kappa shape index (κ3) is 3.25. The molecule has 76 valence electrons. The molecule has 0 spiro atoms. The van der Waals surface area contributed by atoms with Gasteiger partial charge in [-0.25, -0.2) is 0 Å². The SMILES string of the molecule is C=C[C@@H](CCC)Oc1ccc(C)cc1. The Morgan fingerprint density at radius 3 is 2.50 bits per heavy atom. The van der Waals surface area contributed by atoms with Gasteiger partial charge in [0.15, 0.2) is 0 Å². The molecule has 0 saturated heterocycles. The molecule has 1 aromatic rings. The average Bonchev–Trinajstić information content (AvgIpc) is 2.20. The summed E-state index contributed by atoms with van der Waals surface area (Å²) in [5, 5.41) is 0. The van der Waals surface area contributed by atoms with Crippen LogP contribution in [0, 0.1) is 6.92 Å². The quantitative estimate of drug-likeness (QED) is 0.643. The summed E-state index contributed by atoms with van der Waals surface area (Å²) in [4.78, 5) is 0. The second-order valence-corrected chi connectivity index (χ2v) is 3.49. The van der Waals surface area contributed by atoms with Gasteiger partial charge in [0.25, 0.3) is 0 Å². The highest BCUT2D eigenvalue weighted by atomic mass is 16.5. The molecular formula is C13H18O. The van der Waals surface area contributed by atoms with Crippen molar-refractivity contribution >= 4 is 0 Å². The monoisotopic (exact) mass is 190 g/mol. The molecule has 0 N–H and O–H groups in total. The first-order valence-electron chi connectivity index (χ1n) is 5.12. The van der Waals surface area contributed by atoms with Crippen LogP contribution in [0.15, 0.2) is 36.9 Å². The van der Waals surface area contributed by atoms with Crippen LogP contribution in [0.2, 0.25) is 0 Å². The number of hydrogen-bond donors (Lipinski definition) is 0. The van der Waals surface area contributed by atoms with E-state index in [1.54, 1.807) is 0 Å². The van der Waals surface area contributed by atoms with Gasteiger partial charge in [0.2, 0.25) is 0 Å². The van der Waals surface area contributed by atoms with E-state index in [9.17, 15) is 0 Å². The third-order valence-electron chi connectivity index (χ3n) is 2.14. The highest BCUT2D eigenvalue weighted by Crippen LogP contribution is 2.15. The Bertz CT molecular complexity index is 274. The van der Waals surface area contributed by atoms with Crippen molar-refractivity contribution in [2.75, 3.05) is 0 Å². The Labute approximate surface area is 86.4 Å². The maximum absolute atomic E-state index is 5.74. The first-order valence-corrected chi connectivity index (χ1v) is 5.12. The largest absolute Gasteiger partial charge is 0.486 e. The van der Waals surface area contributed by atoms with Gasteiger partial charge in [0.1, 0.15) is 11.9 Å². The molecule has 0 aliphatic carbocycles. The van der Waals surface area contributed by atoms with E-state index in [4.69, 9.17) is 4.74 Å². The van der Waals surface area contributed by atoms with Gasteiger partial charge < -0.3 is 4.74 Å².